The predicted molar refractivity (Wildman–Crippen MR) is 63.6 cm³/mol. The summed E-state index contributed by atoms with van der Waals surface area (Å²) in [6.07, 6.45) is 1.48. The van der Waals surface area contributed by atoms with Crippen LogP contribution in [-0.2, 0) is 0 Å². The van der Waals surface area contributed by atoms with Gasteiger partial charge in [-0.2, -0.15) is 0 Å². The molecule has 0 amide bonds. The molecule has 0 spiro atoms. The van der Waals surface area contributed by atoms with Gasteiger partial charge in [0.25, 0.3) is 0 Å². The van der Waals surface area contributed by atoms with Crippen molar-refractivity contribution in [3.05, 3.63) is 33.9 Å². The van der Waals surface area contributed by atoms with Gasteiger partial charge in [-0.1, -0.05) is 13.8 Å². The fourth-order valence-electron chi connectivity index (χ4n) is 1.05. The molecule has 80 valence electrons. The highest BCUT2D eigenvalue weighted by atomic mass is 79.9. The largest absolute Gasteiger partial charge is 0.226 e. The zero-order valence-corrected chi connectivity index (χ0v) is 10.6. The van der Waals surface area contributed by atoms with Gasteiger partial charge in [-0.05, 0) is 39.7 Å². The van der Waals surface area contributed by atoms with Crippen LogP contribution in [0, 0.1) is 5.82 Å². The van der Waals surface area contributed by atoms with E-state index in [1.165, 1.54) is 18.3 Å². The van der Waals surface area contributed by atoms with E-state index in [1.807, 2.05) is 13.8 Å². The highest BCUT2D eigenvalue weighted by Gasteiger charge is 2.04. The molecule has 1 aromatic carbocycles. The molecule has 1 heterocycles. The molecule has 1 aromatic heterocycles. The van der Waals surface area contributed by atoms with Crippen LogP contribution in [0.3, 0.4) is 0 Å². The van der Waals surface area contributed by atoms with E-state index >= 15 is 0 Å². The van der Waals surface area contributed by atoms with Crippen LogP contribution >= 0.6 is 27.5 Å². The van der Waals surface area contributed by atoms with Crippen LogP contribution in [0.5, 0.6) is 0 Å². The van der Waals surface area contributed by atoms with Crippen LogP contribution in [0.2, 0.25) is 5.28 Å². The second-order valence-electron chi connectivity index (χ2n) is 2.46. The maximum Gasteiger partial charge on any atom is 0.222 e. The molecule has 0 aliphatic heterocycles. The third kappa shape index (κ3) is 2.86. The van der Waals surface area contributed by atoms with Gasteiger partial charge >= 0.3 is 0 Å². The van der Waals surface area contributed by atoms with E-state index in [4.69, 9.17) is 11.6 Å². The molecular formula is C10H9BrClFN2. The second kappa shape index (κ2) is 5.37. The van der Waals surface area contributed by atoms with Gasteiger partial charge < -0.3 is 0 Å². The first-order valence-corrected chi connectivity index (χ1v) is 5.61. The minimum Gasteiger partial charge on any atom is -0.226 e. The van der Waals surface area contributed by atoms with Crippen molar-refractivity contribution in [3.8, 4) is 0 Å². The molecule has 0 saturated heterocycles. The molecule has 0 fully saturated rings. The molecule has 2 aromatic rings. The van der Waals surface area contributed by atoms with Crippen LogP contribution < -0.4 is 0 Å². The minimum absolute atomic E-state index is 0.153. The Bertz CT molecular complexity index is 476. The third-order valence-electron chi connectivity index (χ3n) is 1.57. The van der Waals surface area contributed by atoms with Crippen molar-refractivity contribution in [2.24, 2.45) is 0 Å². The number of hydrogen-bond donors (Lipinski definition) is 0. The van der Waals surface area contributed by atoms with E-state index in [0.717, 1.165) is 0 Å². The maximum atomic E-state index is 12.9. The summed E-state index contributed by atoms with van der Waals surface area (Å²) in [5, 5.41) is 0.774. The number of aromatic nitrogens is 2. The molecule has 0 radical (unpaired) electrons. The smallest absolute Gasteiger partial charge is 0.222 e. The molecule has 15 heavy (non-hydrogen) atoms. The number of fused-ring (bicyclic) bond motifs is 1. The molecule has 0 bridgehead atoms. The number of benzene rings is 1. The Morgan fingerprint density at radius 2 is 2.00 bits per heavy atom. The fraction of sp³-hybridized carbons (Fsp3) is 0.200. The lowest BCUT2D eigenvalue weighted by Crippen LogP contribution is -1.86. The van der Waals surface area contributed by atoms with Crippen molar-refractivity contribution in [1.29, 1.82) is 0 Å². The molecular weight excluding hydrogens is 282 g/mol. The summed E-state index contributed by atoms with van der Waals surface area (Å²) in [5.74, 6) is -0.328. The zero-order valence-electron chi connectivity index (χ0n) is 8.26. The van der Waals surface area contributed by atoms with Crippen LogP contribution in [0.4, 0.5) is 4.39 Å². The lowest BCUT2D eigenvalue weighted by molar-refractivity contribution is 0.628. The lowest BCUT2D eigenvalue weighted by Gasteiger charge is -1.99. The van der Waals surface area contributed by atoms with Crippen molar-refractivity contribution in [3.63, 3.8) is 0 Å². The molecule has 0 N–H and O–H groups in total. The topological polar surface area (TPSA) is 25.8 Å². The summed E-state index contributed by atoms with van der Waals surface area (Å²) in [5.41, 5.74) is 0.612. The van der Waals surface area contributed by atoms with E-state index in [9.17, 15) is 4.39 Å². The Morgan fingerprint density at radius 3 is 2.67 bits per heavy atom. The highest BCUT2D eigenvalue weighted by molar-refractivity contribution is 9.10. The first-order valence-electron chi connectivity index (χ1n) is 4.44. The summed E-state index contributed by atoms with van der Waals surface area (Å²) >= 11 is 8.79. The van der Waals surface area contributed by atoms with E-state index < -0.39 is 0 Å². The number of halogens is 3. The van der Waals surface area contributed by atoms with Crippen molar-refractivity contribution < 1.29 is 4.39 Å². The molecule has 0 aliphatic rings. The van der Waals surface area contributed by atoms with Crippen molar-refractivity contribution in [2.45, 2.75) is 13.8 Å². The number of rotatable bonds is 0. The average molecular weight is 292 g/mol. The molecule has 0 saturated carbocycles. The Labute approximate surface area is 101 Å². The van der Waals surface area contributed by atoms with Gasteiger partial charge in [-0.3, -0.25) is 0 Å². The third-order valence-corrected chi connectivity index (χ3v) is 2.36. The summed E-state index contributed by atoms with van der Waals surface area (Å²) in [4.78, 5) is 7.71. The van der Waals surface area contributed by atoms with E-state index in [0.29, 0.717) is 15.4 Å². The van der Waals surface area contributed by atoms with Gasteiger partial charge in [0.2, 0.25) is 5.28 Å². The summed E-state index contributed by atoms with van der Waals surface area (Å²) in [6.45, 7) is 4.00. The van der Waals surface area contributed by atoms with Crippen LogP contribution in [0.25, 0.3) is 10.9 Å². The number of nitrogens with zero attached hydrogens (tertiary/aromatic N) is 2. The molecule has 5 heteroatoms. The SMILES string of the molecule is CC.Fc1cc(Br)c2nc(Cl)ncc2c1. The quantitative estimate of drug-likeness (QED) is 0.679. The van der Waals surface area contributed by atoms with Gasteiger partial charge in [-0.15, -0.1) is 0 Å². The molecule has 0 aliphatic carbocycles. The van der Waals surface area contributed by atoms with Crippen molar-refractivity contribution in [2.75, 3.05) is 0 Å². The van der Waals surface area contributed by atoms with E-state index in [-0.39, 0.29) is 11.1 Å². The normalized spacial score (nSPS) is 9.67. The molecule has 0 unspecified atom stereocenters. The van der Waals surface area contributed by atoms with Gasteiger partial charge in [0.1, 0.15) is 5.82 Å². The van der Waals surface area contributed by atoms with Crippen LogP contribution in [-0.4, -0.2) is 9.97 Å². The van der Waals surface area contributed by atoms with Crippen LogP contribution in [0.15, 0.2) is 22.8 Å². The Morgan fingerprint density at radius 1 is 1.33 bits per heavy atom. The van der Waals surface area contributed by atoms with Crippen LogP contribution in [0.1, 0.15) is 13.8 Å². The first kappa shape index (κ1) is 12.3. The standard InChI is InChI=1S/C8H3BrClFN2.C2H6/c9-6-2-5(11)1-4-3-12-8(10)13-7(4)6;1-2/h1-3H;1-2H3. The molecule has 2 nitrogen and oxygen atoms in total. The Kier molecular flexibility index (Phi) is 4.42. The second-order valence-corrected chi connectivity index (χ2v) is 3.66. The van der Waals surface area contributed by atoms with Crippen molar-refractivity contribution in [1.82, 2.24) is 9.97 Å². The van der Waals surface area contributed by atoms with Gasteiger partial charge in [0, 0.05) is 16.1 Å². The summed E-state index contributed by atoms with van der Waals surface area (Å²) < 4.78 is 13.5. The average Bonchev–Trinajstić information content (AvgIpc) is 2.22. The predicted octanol–water partition coefficient (Wildman–Crippen LogP) is 4.21. The van der Waals surface area contributed by atoms with Gasteiger partial charge in [0.05, 0.1) is 5.52 Å². The van der Waals surface area contributed by atoms with E-state index in [2.05, 4.69) is 25.9 Å². The molecule has 2 rings (SSSR count). The summed E-state index contributed by atoms with van der Waals surface area (Å²) in [7, 11) is 0. The number of hydrogen-bond acceptors (Lipinski definition) is 2. The van der Waals surface area contributed by atoms with Crippen molar-refractivity contribution >= 4 is 38.4 Å². The first-order chi connectivity index (χ1) is 7.16. The Hall–Kier alpha value is -0.740. The van der Waals surface area contributed by atoms with Gasteiger partial charge in [-0.25, -0.2) is 14.4 Å². The Balaban J connectivity index is 0.000000531. The highest BCUT2D eigenvalue weighted by Crippen LogP contribution is 2.23. The fourth-order valence-corrected chi connectivity index (χ4v) is 1.72. The van der Waals surface area contributed by atoms with E-state index in [1.54, 1.807) is 0 Å². The zero-order chi connectivity index (χ0) is 11.4. The molecule has 0 atom stereocenters. The maximum absolute atomic E-state index is 12.9. The summed E-state index contributed by atoms with van der Waals surface area (Å²) in [6, 6.07) is 2.70. The van der Waals surface area contributed by atoms with Gasteiger partial charge in [0.15, 0.2) is 0 Å². The minimum atomic E-state index is -0.328. The monoisotopic (exact) mass is 290 g/mol. The lowest BCUT2D eigenvalue weighted by atomic mass is 10.2.